The Morgan fingerprint density at radius 3 is 0.746 bits per heavy atom. The van der Waals surface area contributed by atoms with Crippen LogP contribution >= 0.6 is 59.4 Å². The summed E-state index contributed by atoms with van der Waals surface area (Å²) in [7, 11) is 1.08. The first-order valence-electron chi connectivity index (χ1n) is 42.8. The molecule has 784 valence electrons. The number of nitrogens with one attached hydrogen (secondary N) is 6. The number of nitrogens with zero attached hydrogens (tertiary/aromatic N) is 8. The Morgan fingerprint density at radius 2 is 0.521 bits per heavy atom. The third kappa shape index (κ3) is 27.5. The molecule has 7 fully saturated rings. The second kappa shape index (κ2) is 45.1. The summed E-state index contributed by atoms with van der Waals surface area (Å²) in [5.41, 5.74) is -4.09. The Hall–Kier alpha value is -5.84. The van der Waals surface area contributed by atoms with Crippen LogP contribution in [0.3, 0.4) is 0 Å². The number of nitrogen functional groups attached to an aromatic ring is 1. The van der Waals surface area contributed by atoms with E-state index < -0.39 is 308 Å². The van der Waals surface area contributed by atoms with Gasteiger partial charge in [-0.25, -0.2) is 38.1 Å². The molecular formula is C72H98N15O41P7S7. The average molecular weight is 2270 g/mol. The molecule has 0 spiro atoms. The minimum Gasteiger partial charge on any atom is -0.383 e. The van der Waals surface area contributed by atoms with Gasteiger partial charge in [0.1, 0.15) is 92.1 Å². The molecule has 7 aromatic rings. The van der Waals surface area contributed by atoms with Gasteiger partial charge in [0.2, 0.25) is 0 Å². The molecule has 7 saturated heterocycles. The van der Waals surface area contributed by atoms with E-state index in [0.29, 0.717) is 0 Å². The Balaban J connectivity index is 0.665. The zero-order valence-electron chi connectivity index (χ0n) is 75.7. The summed E-state index contributed by atoms with van der Waals surface area (Å²) in [5.74, 6) is -0.153. The number of hydrogen-bond acceptors (Lipinski definition) is 43. The number of aromatic nitrogens is 14. The van der Waals surface area contributed by atoms with E-state index >= 15 is 0 Å². The predicted octanol–water partition coefficient (Wildman–Crippen LogP) is 0.489. The van der Waals surface area contributed by atoms with Crippen LogP contribution in [0.2, 0.25) is 0 Å². The molecule has 14 heterocycles. The molecule has 0 bridgehead atoms. The number of aromatic amines is 6. The normalized spacial score (nSPS) is 29.8. The lowest BCUT2D eigenvalue weighted by Crippen LogP contribution is -2.33. The van der Waals surface area contributed by atoms with Crippen molar-refractivity contribution in [3.05, 3.63) is 218 Å². The van der Waals surface area contributed by atoms with Crippen LogP contribution in [0.5, 0.6) is 0 Å². The number of hydrogen-bond donors (Lipinski definition) is 14. The maximum Gasteiger partial charge on any atom is 0.386 e. The Bertz CT molecular complexity index is 7180. The molecule has 7 aliphatic heterocycles. The quantitative estimate of drug-likeness (QED) is 0.0183. The summed E-state index contributed by atoms with van der Waals surface area (Å²) in [5, 5.41) is 0. The molecule has 14 N–H and O–H groups in total. The van der Waals surface area contributed by atoms with Crippen LogP contribution in [-0.2, 0) is 172 Å². The van der Waals surface area contributed by atoms with Crippen molar-refractivity contribution in [1.29, 1.82) is 0 Å². The van der Waals surface area contributed by atoms with Crippen LogP contribution in [0.4, 0.5) is 5.82 Å². The Labute approximate surface area is 834 Å². The van der Waals surface area contributed by atoms with Crippen LogP contribution in [0.15, 0.2) is 106 Å². The zero-order chi connectivity index (χ0) is 103. The largest absolute Gasteiger partial charge is 0.386 e. The summed E-state index contributed by atoms with van der Waals surface area (Å²) in [4.78, 5) is 256. The van der Waals surface area contributed by atoms with Crippen molar-refractivity contribution in [2.24, 2.45) is 0 Å². The fourth-order valence-electron chi connectivity index (χ4n) is 16.2. The van der Waals surface area contributed by atoms with Gasteiger partial charge in [-0.05, 0) is 126 Å². The first-order chi connectivity index (χ1) is 66.4. The molecule has 70 heteroatoms. The summed E-state index contributed by atoms with van der Waals surface area (Å²) in [6.07, 6.45) is -22.2. The van der Waals surface area contributed by atoms with Gasteiger partial charge < -0.3 is 123 Å². The van der Waals surface area contributed by atoms with E-state index in [1.54, 1.807) is 6.92 Å². The summed E-state index contributed by atoms with van der Waals surface area (Å²) < 4.78 is 148. The standard InChI is InChI=1S/C72H98N15O41P7S7/c1-10-38-39(11-52(115-38)82-19-32(3)60(88)75-67(82)95)123-130(102,137)109-26-48-42(14-55(118-48)84-21-34(5)62(90)77-69(84)97)126-134(106,141)113-29-51-45(17-58(121-51)87-24-37(8)65(93)80-72(87)100)128-135(107,142)114-30-50-44(16-57(120-50)86-23-36(7)64(92)79-71(86)99)127-133(105,140)111-27-47-41(13-53(117-47)81-18-31(2)59(73)74-66(81)94)124-132(104,139)112-28-49-43(15-56(119-49)85-22-35(6)63(91)78-70(85)98)125-131(103,138)110-25-46-40(122-129(101,136)108-9)12-54(116-46)83-20-33(4)61(89)76-68(83)96/h18-24,38-58H,10-17,25-30H2,1-9H3,(H,101,136)(H,102,137)(H,103,138)(H,104,139)(H,105,140)(H,106,141)(H,107,142)(H2,73,74,94)(H,75,88,95)(H,76,89,96)(H,77,90,97)(H,78,91,98)(H,79,92,99)(H,80,93,100)/t38-,39-,40-,41-,42-,43-,44-,45-,46-,47-,48-,49-,50-,51-,52-,53-,54-,55-,56-,57-,58-,129?,130?,131?,132?,133?,134?,135?/m1/s1. The van der Waals surface area contributed by atoms with Crippen LogP contribution in [0.25, 0.3) is 0 Å². The molecule has 0 saturated carbocycles. The van der Waals surface area contributed by atoms with Crippen molar-refractivity contribution in [3.63, 3.8) is 0 Å². The van der Waals surface area contributed by atoms with Crippen LogP contribution in [0, 0.1) is 48.5 Å². The summed E-state index contributed by atoms with van der Waals surface area (Å²) in [6, 6.07) is 0. The summed E-state index contributed by atoms with van der Waals surface area (Å²) >= 11 is 37.2. The van der Waals surface area contributed by atoms with Gasteiger partial charge in [-0.3, -0.25) is 99.7 Å². The molecule has 28 atom stereocenters. The lowest BCUT2D eigenvalue weighted by molar-refractivity contribution is -0.0578. The van der Waals surface area contributed by atoms with Crippen molar-refractivity contribution < 1.29 is 130 Å². The number of H-pyrrole nitrogens is 6. The smallest absolute Gasteiger partial charge is 0.383 e. The highest BCUT2D eigenvalue weighted by atomic mass is 32.7. The molecule has 0 aliphatic carbocycles. The van der Waals surface area contributed by atoms with Gasteiger partial charge in [0.25, 0.3) is 33.4 Å². The van der Waals surface area contributed by atoms with Crippen molar-refractivity contribution in [2.45, 2.75) is 236 Å². The first-order valence-corrected chi connectivity index (χ1v) is 61.0. The number of thiol groups is 1. The fourth-order valence-corrected chi connectivity index (χ4v) is 26.0. The topological polar surface area (TPSA) is 722 Å². The van der Waals surface area contributed by atoms with Gasteiger partial charge in [-0.2, -0.15) is 4.98 Å². The number of anilines is 1. The molecule has 0 aromatic carbocycles. The van der Waals surface area contributed by atoms with Crippen LogP contribution in [-0.4, -0.2) is 228 Å². The van der Waals surface area contributed by atoms with E-state index in [-0.39, 0.29) is 76.9 Å². The maximum atomic E-state index is 14.8. The van der Waals surface area contributed by atoms with E-state index in [1.807, 2.05) is 0 Å². The number of ether oxygens (including phenoxy) is 7. The molecule has 0 radical (unpaired) electrons. The van der Waals surface area contributed by atoms with E-state index in [1.165, 1.54) is 79.5 Å². The predicted molar refractivity (Wildman–Crippen MR) is 516 cm³/mol. The number of rotatable bonds is 41. The van der Waals surface area contributed by atoms with Gasteiger partial charge in [0, 0.05) is 134 Å². The maximum absolute atomic E-state index is 14.8. The van der Waals surface area contributed by atoms with Gasteiger partial charge in [0.05, 0.1) is 82.4 Å². The third-order valence-corrected chi connectivity index (χ3v) is 34.7. The van der Waals surface area contributed by atoms with Gasteiger partial charge >= 0.3 is 86.9 Å². The molecule has 142 heavy (non-hydrogen) atoms. The minimum absolute atomic E-state index is 0.00921. The summed E-state index contributed by atoms with van der Waals surface area (Å²) in [6.45, 7) is -25.3. The molecule has 56 nitrogen and oxygen atoms in total. The lowest BCUT2D eigenvalue weighted by Gasteiger charge is -2.28. The average Bonchev–Trinajstić information content (AvgIpc) is 1.58. The second-order valence-electron chi connectivity index (χ2n) is 33.6. The van der Waals surface area contributed by atoms with Gasteiger partial charge in [-0.15, -0.1) is 0 Å². The second-order valence-corrected chi connectivity index (χ2v) is 53.3. The first kappa shape index (κ1) is 112. The molecule has 7 aromatic heterocycles. The van der Waals surface area contributed by atoms with E-state index in [2.05, 4.69) is 47.1 Å². The Kier molecular flexibility index (Phi) is 35.5. The van der Waals surface area contributed by atoms with Crippen LogP contribution < -0.4 is 78.9 Å². The van der Waals surface area contributed by atoms with E-state index in [0.717, 1.165) is 51.5 Å². The fraction of sp³-hybridized carbons (Fsp3) is 0.611. The third-order valence-electron chi connectivity index (χ3n) is 23.4. The van der Waals surface area contributed by atoms with Gasteiger partial charge in [-0.1, -0.05) is 19.2 Å². The molecular weight excluding hydrogens is 2170 g/mol. The highest BCUT2D eigenvalue weighted by molar-refractivity contribution is 8.44. The highest BCUT2D eigenvalue weighted by Crippen LogP contribution is 2.60. The molecule has 0 amide bonds. The lowest BCUT2D eigenvalue weighted by atomic mass is 10.1. The number of nitrogens with two attached hydrogens (primary N) is 1. The van der Waals surface area contributed by atoms with Crippen LogP contribution in [0.1, 0.15) is 141 Å². The van der Waals surface area contributed by atoms with Gasteiger partial charge in [0.15, 0.2) is 0 Å². The van der Waals surface area contributed by atoms with Crippen molar-refractivity contribution >= 4 is 136 Å². The van der Waals surface area contributed by atoms with Crippen molar-refractivity contribution in [3.8, 4) is 0 Å². The highest BCUT2D eigenvalue weighted by Gasteiger charge is 2.52. The molecule has 7 unspecified atom stereocenters. The SMILES string of the molecule is CC[C@H]1O[C@@H](n2cc(C)c(=O)[nH]c2=O)C[C@H]1OP(O)(=S)OC[C@H]1O[C@@H](n2cc(C)c(=O)[nH]c2=O)C[C@H]1OP(=O)(S)OC[C@H]1O[C@@H](n2cc(C)c(=O)[nH]c2=O)C[C@H]1OP(O)(=S)OC[C@H]1O[C@@H](n2cc(C)c(=O)[nH]c2=O)C[C@H]1OP(O)(=S)OC[C@H]1O[C@@H](n2cc(C)c(N)nc2=O)C[C@H]1OP(O)(=S)OC[C@H]1O[C@@H](n2cc(C)c(=O)[nH]c2=O)C[C@H]1OP(O)(=S)OC[C@H]1O[C@@H](n2cc(C)c(=O)[nH]c2=O)C[C@H]1OP(O)(=S)OC. The Morgan fingerprint density at radius 1 is 0.331 bits per heavy atom. The van der Waals surface area contributed by atoms with E-state index in [4.69, 9.17) is 173 Å². The minimum atomic E-state index is -4.84. The van der Waals surface area contributed by atoms with Crippen molar-refractivity contribution in [1.82, 2.24) is 66.9 Å². The zero-order valence-corrected chi connectivity index (χ0v) is 87.8. The molecule has 14 rings (SSSR count). The number of aryl methyl sites for hydroxylation is 7. The monoisotopic (exact) mass is 2270 g/mol. The molecule has 7 aliphatic rings. The van der Waals surface area contributed by atoms with E-state index in [9.17, 15) is 96.3 Å². The van der Waals surface area contributed by atoms with Crippen molar-refractivity contribution in [2.75, 3.05) is 52.5 Å².